The monoisotopic (exact) mass is 256 g/mol. The van der Waals surface area contributed by atoms with Gasteiger partial charge in [-0.25, -0.2) is 4.98 Å². The Hall–Kier alpha value is -2.14. The van der Waals surface area contributed by atoms with Gasteiger partial charge in [0.05, 0.1) is 5.69 Å². The number of benzene rings is 1. The van der Waals surface area contributed by atoms with Gasteiger partial charge >= 0.3 is 0 Å². The van der Waals surface area contributed by atoms with E-state index in [1.165, 1.54) is 17.7 Å². The van der Waals surface area contributed by atoms with E-state index < -0.39 is 0 Å². The van der Waals surface area contributed by atoms with E-state index in [0.717, 1.165) is 28.8 Å². The first-order valence-electron chi connectivity index (χ1n) is 6.27. The van der Waals surface area contributed by atoms with Crippen molar-refractivity contribution in [1.29, 1.82) is 0 Å². The summed E-state index contributed by atoms with van der Waals surface area (Å²) < 4.78 is 7.24. The highest BCUT2D eigenvalue weighted by atomic mass is 16.3. The molecule has 98 valence electrons. The molecule has 5 nitrogen and oxygen atoms in total. The Bertz CT molecular complexity index is 726. The molecule has 0 bridgehead atoms. The molecule has 0 aliphatic rings. The van der Waals surface area contributed by atoms with Crippen molar-refractivity contribution in [3.8, 4) is 11.3 Å². The predicted molar refractivity (Wildman–Crippen MR) is 73.7 cm³/mol. The minimum absolute atomic E-state index is 0.626. The molecule has 0 radical (unpaired) electrons. The Balaban J connectivity index is 2.12. The molecule has 19 heavy (non-hydrogen) atoms. The zero-order valence-electron chi connectivity index (χ0n) is 11.1. The summed E-state index contributed by atoms with van der Waals surface area (Å²) >= 11 is 0. The van der Waals surface area contributed by atoms with E-state index in [1.807, 2.05) is 29.9 Å². The lowest BCUT2D eigenvalue weighted by atomic mass is 10.1. The quantitative estimate of drug-likeness (QED) is 0.778. The molecule has 1 aromatic carbocycles. The molecule has 0 atom stereocenters. The van der Waals surface area contributed by atoms with Crippen LogP contribution in [0.1, 0.15) is 11.3 Å². The SMILES string of the molecule is Cc1c(-c2ccc3ncoc3c2)nn(C)c1CCN. The van der Waals surface area contributed by atoms with E-state index in [2.05, 4.69) is 17.0 Å². The Morgan fingerprint density at radius 3 is 3.00 bits per heavy atom. The van der Waals surface area contributed by atoms with Gasteiger partial charge in [0, 0.05) is 24.7 Å². The Labute approximate surface area is 111 Å². The lowest BCUT2D eigenvalue weighted by Crippen LogP contribution is -2.08. The average molecular weight is 256 g/mol. The first-order chi connectivity index (χ1) is 9.20. The molecule has 0 saturated carbocycles. The molecular weight excluding hydrogens is 240 g/mol. The molecule has 2 heterocycles. The van der Waals surface area contributed by atoms with E-state index in [1.54, 1.807) is 0 Å². The largest absolute Gasteiger partial charge is 0.443 e. The van der Waals surface area contributed by atoms with Crippen molar-refractivity contribution in [2.45, 2.75) is 13.3 Å². The third-order valence-electron chi connectivity index (χ3n) is 3.41. The fourth-order valence-electron chi connectivity index (χ4n) is 2.43. The van der Waals surface area contributed by atoms with Crippen LogP contribution in [0.3, 0.4) is 0 Å². The van der Waals surface area contributed by atoms with Crippen molar-refractivity contribution in [2.24, 2.45) is 12.8 Å². The summed E-state index contributed by atoms with van der Waals surface area (Å²) in [6.45, 7) is 2.71. The van der Waals surface area contributed by atoms with Gasteiger partial charge in [-0.15, -0.1) is 0 Å². The number of oxazole rings is 1. The van der Waals surface area contributed by atoms with Crippen molar-refractivity contribution >= 4 is 11.1 Å². The van der Waals surface area contributed by atoms with Gasteiger partial charge in [0.15, 0.2) is 12.0 Å². The Morgan fingerprint density at radius 1 is 1.37 bits per heavy atom. The molecule has 0 amide bonds. The maximum Gasteiger partial charge on any atom is 0.181 e. The number of nitrogens with two attached hydrogens (primary N) is 1. The molecule has 5 heteroatoms. The van der Waals surface area contributed by atoms with Crippen LogP contribution in [0.15, 0.2) is 29.0 Å². The maximum atomic E-state index is 5.64. The van der Waals surface area contributed by atoms with Crippen molar-refractivity contribution in [2.75, 3.05) is 6.54 Å². The van der Waals surface area contributed by atoms with Crippen LogP contribution in [0.4, 0.5) is 0 Å². The summed E-state index contributed by atoms with van der Waals surface area (Å²) in [6, 6.07) is 5.95. The van der Waals surface area contributed by atoms with E-state index in [0.29, 0.717) is 6.54 Å². The third-order valence-corrected chi connectivity index (χ3v) is 3.41. The average Bonchev–Trinajstić information content (AvgIpc) is 2.97. The topological polar surface area (TPSA) is 69.9 Å². The number of hydrogen-bond donors (Lipinski definition) is 1. The van der Waals surface area contributed by atoms with Crippen LogP contribution in [-0.2, 0) is 13.5 Å². The molecule has 0 spiro atoms. The second kappa shape index (κ2) is 4.51. The van der Waals surface area contributed by atoms with Gasteiger partial charge in [0.2, 0.25) is 0 Å². The maximum absolute atomic E-state index is 5.64. The zero-order valence-corrected chi connectivity index (χ0v) is 11.1. The van der Waals surface area contributed by atoms with E-state index >= 15 is 0 Å². The van der Waals surface area contributed by atoms with Gasteiger partial charge in [-0.1, -0.05) is 6.07 Å². The Morgan fingerprint density at radius 2 is 2.21 bits per heavy atom. The van der Waals surface area contributed by atoms with Crippen molar-refractivity contribution in [3.63, 3.8) is 0 Å². The summed E-state index contributed by atoms with van der Waals surface area (Å²) in [4.78, 5) is 4.12. The standard InChI is InChI=1S/C14H16N4O/c1-9-12(5-6-15)18(2)17-14(9)10-3-4-11-13(7-10)19-8-16-11/h3-4,7-8H,5-6,15H2,1-2H3. The van der Waals surface area contributed by atoms with Gasteiger partial charge in [-0.2, -0.15) is 5.10 Å². The summed E-state index contributed by atoms with van der Waals surface area (Å²) in [5.74, 6) is 0. The van der Waals surface area contributed by atoms with Crippen LogP contribution in [-0.4, -0.2) is 21.3 Å². The fourth-order valence-corrected chi connectivity index (χ4v) is 2.43. The summed E-state index contributed by atoms with van der Waals surface area (Å²) in [5.41, 5.74) is 11.7. The zero-order chi connectivity index (χ0) is 13.4. The minimum Gasteiger partial charge on any atom is -0.443 e. The smallest absolute Gasteiger partial charge is 0.181 e. The van der Waals surface area contributed by atoms with Crippen LogP contribution in [0.25, 0.3) is 22.4 Å². The van der Waals surface area contributed by atoms with Crippen molar-refractivity contribution in [1.82, 2.24) is 14.8 Å². The minimum atomic E-state index is 0.626. The molecule has 0 aliphatic heterocycles. The number of nitrogens with zero attached hydrogens (tertiary/aromatic N) is 3. The molecule has 0 fully saturated rings. The highest BCUT2D eigenvalue weighted by Gasteiger charge is 2.14. The third kappa shape index (κ3) is 1.92. The van der Waals surface area contributed by atoms with Crippen LogP contribution in [0.5, 0.6) is 0 Å². The fraction of sp³-hybridized carbons (Fsp3) is 0.286. The van der Waals surface area contributed by atoms with Gasteiger partial charge < -0.3 is 10.2 Å². The van der Waals surface area contributed by atoms with E-state index in [4.69, 9.17) is 10.2 Å². The summed E-state index contributed by atoms with van der Waals surface area (Å²) in [6.07, 6.45) is 2.29. The van der Waals surface area contributed by atoms with E-state index in [9.17, 15) is 0 Å². The van der Waals surface area contributed by atoms with Gasteiger partial charge in [0.1, 0.15) is 5.52 Å². The second-order valence-electron chi connectivity index (χ2n) is 4.62. The highest BCUT2D eigenvalue weighted by Crippen LogP contribution is 2.27. The Kier molecular flexibility index (Phi) is 2.83. The molecule has 0 aliphatic carbocycles. The van der Waals surface area contributed by atoms with E-state index in [-0.39, 0.29) is 0 Å². The predicted octanol–water partition coefficient (Wildman–Crippen LogP) is 2.04. The first kappa shape index (κ1) is 11.9. The number of fused-ring (bicyclic) bond motifs is 1. The van der Waals surface area contributed by atoms with Gasteiger partial charge in [-0.05, 0) is 31.2 Å². The number of rotatable bonds is 3. The van der Waals surface area contributed by atoms with Gasteiger partial charge in [-0.3, -0.25) is 4.68 Å². The van der Waals surface area contributed by atoms with Crippen LogP contribution >= 0.6 is 0 Å². The number of aryl methyl sites for hydroxylation is 1. The molecule has 0 saturated heterocycles. The molecule has 0 unspecified atom stereocenters. The molecule has 3 rings (SSSR count). The molecular formula is C14H16N4O. The summed E-state index contributed by atoms with van der Waals surface area (Å²) in [7, 11) is 1.95. The van der Waals surface area contributed by atoms with Crippen molar-refractivity contribution < 1.29 is 4.42 Å². The van der Waals surface area contributed by atoms with Crippen LogP contribution < -0.4 is 5.73 Å². The van der Waals surface area contributed by atoms with Crippen LogP contribution in [0.2, 0.25) is 0 Å². The molecule has 2 N–H and O–H groups in total. The molecule has 2 aromatic heterocycles. The summed E-state index contributed by atoms with van der Waals surface area (Å²) in [5, 5.41) is 4.59. The normalized spacial score (nSPS) is 11.3. The first-order valence-corrected chi connectivity index (χ1v) is 6.27. The number of aromatic nitrogens is 3. The second-order valence-corrected chi connectivity index (χ2v) is 4.62. The number of hydrogen-bond acceptors (Lipinski definition) is 4. The lowest BCUT2D eigenvalue weighted by Gasteiger charge is -2.00. The highest BCUT2D eigenvalue weighted by molar-refractivity contribution is 5.79. The van der Waals surface area contributed by atoms with Crippen molar-refractivity contribution in [3.05, 3.63) is 35.9 Å². The van der Waals surface area contributed by atoms with Crippen LogP contribution in [0, 0.1) is 6.92 Å². The molecule has 3 aromatic rings. The van der Waals surface area contributed by atoms with Gasteiger partial charge in [0.25, 0.3) is 0 Å². The lowest BCUT2D eigenvalue weighted by molar-refractivity contribution is 0.602.